The van der Waals surface area contributed by atoms with Crippen LogP contribution in [0.3, 0.4) is 0 Å². The average molecular weight is 307 g/mol. The fourth-order valence-electron chi connectivity index (χ4n) is 2.18. The molecule has 1 saturated heterocycles. The van der Waals surface area contributed by atoms with Crippen LogP contribution in [0.5, 0.6) is 0 Å². The molecule has 2 rings (SSSR count). The molecule has 1 fully saturated rings. The summed E-state index contributed by atoms with van der Waals surface area (Å²) in [5, 5.41) is 5.55. The van der Waals surface area contributed by atoms with Gasteiger partial charge in [0, 0.05) is 6.54 Å². The van der Waals surface area contributed by atoms with E-state index in [1.807, 2.05) is 6.92 Å². The Morgan fingerprint density at radius 2 is 2.10 bits per heavy atom. The van der Waals surface area contributed by atoms with Gasteiger partial charge in [0.1, 0.15) is 0 Å². The van der Waals surface area contributed by atoms with Gasteiger partial charge in [0.05, 0.1) is 22.2 Å². The van der Waals surface area contributed by atoms with Gasteiger partial charge >= 0.3 is 6.18 Å². The van der Waals surface area contributed by atoms with Gasteiger partial charge in [-0.15, -0.1) is 0 Å². The van der Waals surface area contributed by atoms with Crippen molar-refractivity contribution in [2.45, 2.75) is 13.1 Å². The van der Waals surface area contributed by atoms with Crippen molar-refractivity contribution in [3.05, 3.63) is 28.8 Å². The molecule has 1 amide bonds. The Labute approximate surface area is 119 Å². The molecule has 2 N–H and O–H groups in total. The minimum atomic E-state index is -4.45. The summed E-state index contributed by atoms with van der Waals surface area (Å²) in [5.41, 5.74) is -0.639. The molecule has 3 nitrogen and oxygen atoms in total. The Morgan fingerprint density at radius 1 is 1.40 bits per heavy atom. The van der Waals surface area contributed by atoms with Gasteiger partial charge in [-0.2, -0.15) is 13.2 Å². The van der Waals surface area contributed by atoms with Crippen LogP contribution in [0.15, 0.2) is 18.2 Å². The number of alkyl halides is 3. The SMILES string of the molecule is C[C@@H]1CNC[C@H]1C(=O)Nc1ccc(C(F)(F)F)cc1Cl. The molecular weight excluding hydrogens is 293 g/mol. The summed E-state index contributed by atoms with van der Waals surface area (Å²) in [4.78, 5) is 12.0. The lowest BCUT2D eigenvalue weighted by atomic mass is 9.97. The predicted molar refractivity (Wildman–Crippen MR) is 70.6 cm³/mol. The lowest BCUT2D eigenvalue weighted by molar-refractivity contribution is -0.137. The summed E-state index contributed by atoms with van der Waals surface area (Å²) in [6.45, 7) is 3.25. The maximum Gasteiger partial charge on any atom is 0.416 e. The van der Waals surface area contributed by atoms with Gasteiger partial charge in [-0.3, -0.25) is 4.79 Å². The maximum atomic E-state index is 12.5. The first-order valence-corrected chi connectivity index (χ1v) is 6.55. The number of hydrogen-bond donors (Lipinski definition) is 2. The van der Waals surface area contributed by atoms with Crippen LogP contribution in [-0.2, 0) is 11.0 Å². The highest BCUT2D eigenvalue weighted by molar-refractivity contribution is 6.33. The molecule has 110 valence electrons. The smallest absolute Gasteiger partial charge is 0.324 e. The lowest BCUT2D eigenvalue weighted by Crippen LogP contribution is -2.28. The normalized spacial score (nSPS) is 22.9. The number of carbonyl (C=O) groups is 1. The molecule has 0 bridgehead atoms. The second-order valence-corrected chi connectivity index (χ2v) is 5.33. The second-order valence-electron chi connectivity index (χ2n) is 4.92. The Balaban J connectivity index is 2.12. The van der Waals surface area contributed by atoms with Crippen LogP contribution in [-0.4, -0.2) is 19.0 Å². The Morgan fingerprint density at radius 3 is 2.60 bits per heavy atom. The molecule has 0 saturated carbocycles. The number of halogens is 4. The lowest BCUT2D eigenvalue weighted by Gasteiger charge is -2.16. The van der Waals surface area contributed by atoms with E-state index in [1.165, 1.54) is 6.07 Å². The summed E-state index contributed by atoms with van der Waals surface area (Å²) < 4.78 is 37.5. The molecule has 0 aromatic heterocycles. The van der Waals surface area contributed by atoms with Crippen molar-refractivity contribution in [2.75, 3.05) is 18.4 Å². The van der Waals surface area contributed by atoms with Gasteiger partial charge in [-0.1, -0.05) is 18.5 Å². The van der Waals surface area contributed by atoms with Crippen LogP contribution < -0.4 is 10.6 Å². The summed E-state index contributed by atoms with van der Waals surface area (Å²) in [5.74, 6) is -0.249. The van der Waals surface area contributed by atoms with E-state index in [0.29, 0.717) is 6.54 Å². The van der Waals surface area contributed by atoms with E-state index in [0.717, 1.165) is 18.7 Å². The topological polar surface area (TPSA) is 41.1 Å². The van der Waals surface area contributed by atoms with E-state index >= 15 is 0 Å². The number of benzene rings is 1. The van der Waals surface area contributed by atoms with Crippen molar-refractivity contribution >= 4 is 23.2 Å². The molecule has 0 radical (unpaired) electrons. The molecule has 0 aliphatic carbocycles. The highest BCUT2D eigenvalue weighted by Crippen LogP contribution is 2.34. The summed E-state index contributed by atoms with van der Waals surface area (Å²) in [6.07, 6.45) is -4.45. The average Bonchev–Trinajstić information content (AvgIpc) is 2.76. The first-order chi connectivity index (χ1) is 9.29. The molecule has 20 heavy (non-hydrogen) atoms. The number of rotatable bonds is 2. The van der Waals surface area contributed by atoms with Crippen molar-refractivity contribution in [1.82, 2.24) is 5.32 Å². The third-order valence-electron chi connectivity index (χ3n) is 3.41. The number of anilines is 1. The maximum absolute atomic E-state index is 12.5. The van der Waals surface area contributed by atoms with Gasteiger partial charge in [-0.05, 0) is 30.7 Å². The second kappa shape index (κ2) is 5.61. The molecule has 0 spiro atoms. The minimum Gasteiger partial charge on any atom is -0.324 e. The third-order valence-corrected chi connectivity index (χ3v) is 3.72. The Bertz CT molecular complexity index is 519. The first kappa shape index (κ1) is 15.1. The van der Waals surface area contributed by atoms with Crippen molar-refractivity contribution in [3.63, 3.8) is 0 Å². The van der Waals surface area contributed by atoms with Crippen LogP contribution in [0, 0.1) is 11.8 Å². The van der Waals surface area contributed by atoms with Gasteiger partial charge in [0.15, 0.2) is 0 Å². The van der Waals surface area contributed by atoms with Crippen molar-refractivity contribution in [3.8, 4) is 0 Å². The summed E-state index contributed by atoms with van der Waals surface area (Å²) >= 11 is 5.79. The van der Waals surface area contributed by atoms with Crippen LogP contribution in [0.2, 0.25) is 5.02 Å². The van der Waals surface area contributed by atoms with E-state index < -0.39 is 11.7 Å². The summed E-state index contributed by atoms with van der Waals surface area (Å²) in [6, 6.07) is 2.89. The van der Waals surface area contributed by atoms with Crippen molar-refractivity contribution in [1.29, 1.82) is 0 Å². The summed E-state index contributed by atoms with van der Waals surface area (Å²) in [7, 11) is 0. The van der Waals surface area contributed by atoms with Crippen LogP contribution in [0.4, 0.5) is 18.9 Å². The molecule has 2 atom stereocenters. The molecular formula is C13H14ClF3N2O. The van der Waals surface area contributed by atoms with Gasteiger partial charge in [-0.25, -0.2) is 0 Å². The molecule has 1 heterocycles. The Kier molecular flexibility index (Phi) is 4.25. The fraction of sp³-hybridized carbons (Fsp3) is 0.462. The monoisotopic (exact) mass is 306 g/mol. The first-order valence-electron chi connectivity index (χ1n) is 6.17. The highest BCUT2D eigenvalue weighted by atomic mass is 35.5. The van der Waals surface area contributed by atoms with Crippen molar-refractivity contribution in [2.24, 2.45) is 11.8 Å². The van der Waals surface area contributed by atoms with E-state index in [4.69, 9.17) is 11.6 Å². The third kappa shape index (κ3) is 3.24. The minimum absolute atomic E-state index is 0.119. The zero-order valence-electron chi connectivity index (χ0n) is 10.7. The van der Waals surface area contributed by atoms with Crippen LogP contribution in [0.1, 0.15) is 12.5 Å². The molecule has 1 aromatic rings. The van der Waals surface area contributed by atoms with Gasteiger partial charge in [0.25, 0.3) is 0 Å². The van der Waals surface area contributed by atoms with Crippen molar-refractivity contribution < 1.29 is 18.0 Å². The van der Waals surface area contributed by atoms with E-state index in [2.05, 4.69) is 10.6 Å². The number of nitrogens with one attached hydrogen (secondary N) is 2. The number of hydrogen-bond acceptors (Lipinski definition) is 2. The quantitative estimate of drug-likeness (QED) is 0.881. The van der Waals surface area contributed by atoms with Crippen LogP contribution >= 0.6 is 11.6 Å². The van der Waals surface area contributed by atoms with E-state index in [1.54, 1.807) is 0 Å². The zero-order chi connectivity index (χ0) is 14.9. The standard InChI is InChI=1S/C13H14ClF3N2O/c1-7-5-18-6-9(7)12(20)19-11-3-2-8(4-10(11)14)13(15,16)17/h2-4,7,9,18H,5-6H2,1H3,(H,19,20)/t7-,9-/m1/s1. The predicted octanol–water partition coefficient (Wildman–Crippen LogP) is 3.15. The highest BCUT2D eigenvalue weighted by Gasteiger charge is 2.32. The fourth-order valence-corrected chi connectivity index (χ4v) is 2.41. The molecule has 1 aromatic carbocycles. The van der Waals surface area contributed by atoms with Gasteiger partial charge in [0.2, 0.25) is 5.91 Å². The zero-order valence-corrected chi connectivity index (χ0v) is 11.5. The molecule has 1 aliphatic heterocycles. The molecule has 7 heteroatoms. The largest absolute Gasteiger partial charge is 0.416 e. The molecule has 0 unspecified atom stereocenters. The van der Waals surface area contributed by atoms with E-state index in [9.17, 15) is 18.0 Å². The Hall–Kier alpha value is -1.27. The van der Waals surface area contributed by atoms with Crippen LogP contribution in [0.25, 0.3) is 0 Å². The van der Waals surface area contributed by atoms with E-state index in [-0.39, 0.29) is 28.5 Å². The number of carbonyl (C=O) groups excluding carboxylic acids is 1. The number of amides is 1. The molecule has 1 aliphatic rings. The van der Waals surface area contributed by atoms with Gasteiger partial charge < -0.3 is 10.6 Å².